The Morgan fingerprint density at radius 2 is 1.56 bits per heavy atom. The molecule has 16 heavy (non-hydrogen) atoms. The van der Waals surface area contributed by atoms with Gasteiger partial charge in [0.25, 0.3) is 10.1 Å². The molecule has 7 nitrogen and oxygen atoms in total. The molecule has 0 bridgehead atoms. The van der Waals surface area contributed by atoms with Crippen LogP contribution in [0.25, 0.3) is 0 Å². The average molecular weight is 281 g/mol. The molecule has 2 atom stereocenters. The van der Waals surface area contributed by atoms with E-state index >= 15 is 0 Å². The molecule has 1 heterocycles. The van der Waals surface area contributed by atoms with Gasteiger partial charge in [0.2, 0.25) is 0 Å². The zero-order chi connectivity index (χ0) is 11.7. The maximum Gasteiger partial charge on any atom is 1.00 e. The molecule has 1 aliphatic heterocycles. The Hall–Kier alpha value is 0.780. The van der Waals surface area contributed by atoms with Gasteiger partial charge < -0.3 is 9.87 Å². The van der Waals surface area contributed by atoms with E-state index < -0.39 is 43.6 Å². The monoisotopic (exact) mass is 281 g/mol. The molecule has 2 unspecified atom stereocenters. The van der Waals surface area contributed by atoms with Gasteiger partial charge in [-0.25, -0.2) is 8.42 Å². The molecular weight excluding hydrogens is 269 g/mol. The van der Waals surface area contributed by atoms with Crippen LogP contribution in [-0.4, -0.2) is 50.5 Å². The van der Waals surface area contributed by atoms with Crippen molar-refractivity contribution in [2.24, 2.45) is 11.8 Å². The smallest absolute Gasteiger partial charge is 0.748 e. The minimum Gasteiger partial charge on any atom is -0.748 e. The van der Waals surface area contributed by atoms with Crippen molar-refractivity contribution in [3.8, 4) is 0 Å². The van der Waals surface area contributed by atoms with E-state index in [-0.39, 0.29) is 36.1 Å². The first-order valence-electron chi connectivity index (χ1n) is 4.27. The molecule has 0 aromatic rings. The van der Waals surface area contributed by atoms with Crippen molar-refractivity contribution in [3.63, 3.8) is 0 Å². The van der Waals surface area contributed by atoms with Gasteiger partial charge >= 0.3 is 29.6 Å². The number of hydrogen-bond donors (Lipinski definition) is 2. The largest absolute Gasteiger partial charge is 1.00 e. The van der Waals surface area contributed by atoms with E-state index in [9.17, 15) is 21.4 Å². The zero-order valence-corrected chi connectivity index (χ0v) is 12.4. The van der Waals surface area contributed by atoms with Crippen molar-refractivity contribution < 1.29 is 55.5 Å². The molecule has 0 spiro atoms. The predicted octanol–water partition coefficient (Wildman–Crippen LogP) is -4.74. The number of rotatable bonds is 4. The molecular formula is C6H12NNaO6S2. The maximum absolute atomic E-state index is 10.6. The standard InChI is InChI=1S/C6H13NO6S2.Na/c8-14(9,10)3-5-1-7-2-6(5)4-15(11,12)13;/h5-7H,1-4H2,(H,8,9,10)(H,11,12,13);/q;+1/p-1. The molecule has 0 aliphatic carbocycles. The van der Waals surface area contributed by atoms with Gasteiger partial charge in [-0.05, 0) is 24.9 Å². The zero-order valence-electron chi connectivity index (χ0n) is 8.79. The van der Waals surface area contributed by atoms with Crippen LogP contribution in [0.5, 0.6) is 0 Å². The minimum atomic E-state index is -4.36. The van der Waals surface area contributed by atoms with Gasteiger partial charge in [0, 0.05) is 5.75 Å². The second kappa shape index (κ2) is 6.10. The van der Waals surface area contributed by atoms with Gasteiger partial charge in [0.05, 0.1) is 15.9 Å². The van der Waals surface area contributed by atoms with Crippen LogP contribution in [0.15, 0.2) is 0 Å². The summed E-state index contributed by atoms with van der Waals surface area (Å²) in [6.45, 7) is 0.571. The topological polar surface area (TPSA) is 124 Å². The SMILES string of the molecule is O=S(=O)([O-])CC1CNCC1CS(=O)(=O)O.[Na+]. The Balaban J connectivity index is 0.00000225. The minimum absolute atomic E-state index is 0. The van der Waals surface area contributed by atoms with Crippen LogP contribution >= 0.6 is 0 Å². The molecule has 90 valence electrons. The fraction of sp³-hybridized carbons (Fsp3) is 1.00. The van der Waals surface area contributed by atoms with Crippen LogP contribution in [0.3, 0.4) is 0 Å². The van der Waals surface area contributed by atoms with E-state index in [4.69, 9.17) is 4.55 Å². The van der Waals surface area contributed by atoms with Crippen LogP contribution in [0.1, 0.15) is 0 Å². The molecule has 1 fully saturated rings. The summed E-state index contributed by atoms with van der Waals surface area (Å²) in [6, 6.07) is 0. The van der Waals surface area contributed by atoms with E-state index in [1.807, 2.05) is 0 Å². The van der Waals surface area contributed by atoms with Gasteiger partial charge in [-0.15, -0.1) is 0 Å². The summed E-state index contributed by atoms with van der Waals surface area (Å²) in [6.07, 6.45) is 0. The van der Waals surface area contributed by atoms with Gasteiger partial charge in [0.15, 0.2) is 0 Å². The van der Waals surface area contributed by atoms with Crippen LogP contribution in [0, 0.1) is 11.8 Å². The molecule has 0 amide bonds. The van der Waals surface area contributed by atoms with Gasteiger partial charge in [-0.1, -0.05) is 0 Å². The summed E-state index contributed by atoms with van der Waals surface area (Å²) in [5, 5.41) is 2.79. The normalized spacial score (nSPS) is 26.4. The van der Waals surface area contributed by atoms with Crippen molar-refractivity contribution >= 4 is 20.2 Å². The molecule has 1 aliphatic rings. The third kappa shape index (κ3) is 6.50. The quantitative estimate of drug-likeness (QED) is 0.392. The third-order valence-corrected chi connectivity index (χ3v) is 4.01. The second-order valence-electron chi connectivity index (χ2n) is 3.65. The van der Waals surface area contributed by atoms with Gasteiger partial charge in [0.1, 0.15) is 0 Å². The van der Waals surface area contributed by atoms with E-state index in [0.717, 1.165) is 0 Å². The molecule has 2 N–H and O–H groups in total. The average Bonchev–Trinajstić information content (AvgIpc) is 2.29. The molecule has 1 rings (SSSR count). The fourth-order valence-corrected chi connectivity index (χ4v) is 3.56. The number of hydrogen-bond acceptors (Lipinski definition) is 6. The van der Waals surface area contributed by atoms with Gasteiger partial charge in [-0.2, -0.15) is 8.42 Å². The van der Waals surface area contributed by atoms with Crippen molar-refractivity contribution in [1.82, 2.24) is 5.32 Å². The Bertz CT molecular complexity index is 378. The Labute approximate surface area is 117 Å². The molecule has 0 aromatic carbocycles. The summed E-state index contributed by atoms with van der Waals surface area (Å²) in [7, 11) is -8.50. The first-order chi connectivity index (χ1) is 6.67. The van der Waals surface area contributed by atoms with Crippen LogP contribution in [0.4, 0.5) is 0 Å². The predicted molar refractivity (Wildman–Crippen MR) is 50.8 cm³/mol. The Kier molecular flexibility index (Phi) is 6.39. The number of nitrogens with one attached hydrogen (secondary N) is 1. The van der Waals surface area contributed by atoms with E-state index in [0.29, 0.717) is 6.54 Å². The first kappa shape index (κ1) is 16.8. The summed E-state index contributed by atoms with van der Waals surface area (Å²) < 4.78 is 61.3. The van der Waals surface area contributed by atoms with E-state index in [1.165, 1.54) is 0 Å². The summed E-state index contributed by atoms with van der Waals surface area (Å²) in [4.78, 5) is 0. The Morgan fingerprint density at radius 3 is 1.94 bits per heavy atom. The van der Waals surface area contributed by atoms with Crippen molar-refractivity contribution in [2.45, 2.75) is 0 Å². The fourth-order valence-electron chi connectivity index (χ4n) is 1.71. The maximum atomic E-state index is 10.6. The van der Waals surface area contributed by atoms with Crippen molar-refractivity contribution in [2.75, 3.05) is 24.6 Å². The summed E-state index contributed by atoms with van der Waals surface area (Å²) >= 11 is 0. The second-order valence-corrected chi connectivity index (χ2v) is 6.60. The van der Waals surface area contributed by atoms with Crippen LogP contribution in [0.2, 0.25) is 0 Å². The molecule has 0 saturated carbocycles. The van der Waals surface area contributed by atoms with E-state index in [1.54, 1.807) is 0 Å². The van der Waals surface area contributed by atoms with E-state index in [2.05, 4.69) is 5.32 Å². The Morgan fingerprint density at radius 1 is 1.12 bits per heavy atom. The van der Waals surface area contributed by atoms with Crippen molar-refractivity contribution in [1.29, 1.82) is 0 Å². The van der Waals surface area contributed by atoms with Crippen molar-refractivity contribution in [3.05, 3.63) is 0 Å². The third-order valence-electron chi connectivity index (χ3n) is 2.32. The first-order valence-corrected chi connectivity index (χ1v) is 7.45. The van der Waals surface area contributed by atoms with Crippen LogP contribution < -0.4 is 34.9 Å². The summed E-state index contributed by atoms with van der Waals surface area (Å²) in [5.74, 6) is -2.18. The van der Waals surface area contributed by atoms with Gasteiger partial charge in [-0.3, -0.25) is 4.55 Å². The van der Waals surface area contributed by atoms with Crippen LogP contribution in [-0.2, 0) is 20.2 Å². The molecule has 10 heteroatoms. The summed E-state index contributed by atoms with van der Waals surface area (Å²) in [5.41, 5.74) is 0. The molecule has 0 radical (unpaired) electrons. The molecule has 1 saturated heterocycles. The molecule has 0 aromatic heterocycles.